The minimum absolute atomic E-state index is 0.515. The lowest BCUT2D eigenvalue weighted by molar-refractivity contribution is -0.158. The van der Waals surface area contributed by atoms with E-state index in [1.807, 2.05) is 0 Å². The Labute approximate surface area is 124 Å². The number of aliphatic hydroxyl groups excluding tert-OH is 1. The third-order valence-electron chi connectivity index (χ3n) is 1.28. The van der Waals surface area contributed by atoms with E-state index in [9.17, 15) is 51.8 Å². The van der Waals surface area contributed by atoms with Gasteiger partial charge in [0.2, 0.25) is 0 Å². The van der Waals surface area contributed by atoms with Crippen molar-refractivity contribution in [2.24, 2.45) is 0 Å². The van der Waals surface area contributed by atoms with Gasteiger partial charge in [-0.2, -0.15) is 34.4 Å². The first kappa shape index (κ1) is 26.3. The zero-order chi connectivity index (χ0) is 19.9. The average Bonchev–Trinajstić information content (AvgIpc) is 2.37. The largest absolute Gasteiger partial charge is 0.476 e. The van der Waals surface area contributed by atoms with Crippen LogP contribution in [-0.4, -0.2) is 63.7 Å². The molecule has 0 saturated carbocycles. The van der Waals surface area contributed by atoms with Gasteiger partial charge in [-0.25, -0.2) is 9.59 Å². The Morgan fingerprint density at radius 3 is 1.17 bits per heavy atom. The van der Waals surface area contributed by atoms with E-state index >= 15 is 0 Å². The maximum Gasteiger partial charge on any atom is 0.470 e. The summed E-state index contributed by atoms with van der Waals surface area (Å²) in [5.41, 5.74) is 0. The number of ether oxygens (including phenoxy) is 1. The van der Waals surface area contributed by atoms with Gasteiger partial charge in [0.15, 0.2) is 0 Å². The number of carbonyl (C=O) groups excluding carboxylic acids is 1. The summed E-state index contributed by atoms with van der Waals surface area (Å²) in [5.74, 6) is -5.48. The first-order chi connectivity index (χ1) is 9.92. The van der Waals surface area contributed by atoms with Crippen molar-refractivity contribution in [2.75, 3.05) is 14.2 Å². The van der Waals surface area contributed by atoms with E-state index in [-0.39, 0.29) is 0 Å². The molecule has 9 nitrogen and oxygen atoms in total. The van der Waals surface area contributed by atoms with Gasteiger partial charge in [0.05, 0.1) is 7.11 Å². The standard InChI is InChI=1S/C3H3F3O4S.C2HF3O4S.CH4O/c1-10-2(7)3(4,5)11(6,8)9;3-2(4,1(6)7)10(5,8)9;1-2/h1H3;(H,6,7);2H,1H3. The van der Waals surface area contributed by atoms with Crippen molar-refractivity contribution in [3.05, 3.63) is 0 Å². The number of halogens is 6. The number of alkyl halides is 4. The molecule has 0 radical (unpaired) electrons. The summed E-state index contributed by atoms with van der Waals surface area (Å²) in [6, 6.07) is 0. The first-order valence-corrected chi connectivity index (χ1v) is 7.10. The summed E-state index contributed by atoms with van der Waals surface area (Å²) >= 11 is 0. The molecule has 0 fully saturated rings. The highest BCUT2D eigenvalue weighted by Crippen LogP contribution is 2.24. The number of hydrogen-bond acceptors (Lipinski definition) is 8. The molecule has 0 saturated heterocycles. The van der Waals surface area contributed by atoms with E-state index in [0.29, 0.717) is 7.11 Å². The molecule has 0 aromatic rings. The zero-order valence-electron chi connectivity index (χ0n) is 10.8. The molecule has 0 heterocycles. The van der Waals surface area contributed by atoms with E-state index in [1.54, 1.807) is 0 Å². The van der Waals surface area contributed by atoms with Crippen molar-refractivity contribution >= 4 is 32.4 Å². The number of carbonyl (C=O) groups is 2. The van der Waals surface area contributed by atoms with Crippen LogP contribution >= 0.6 is 0 Å². The molecule has 0 aliphatic carbocycles. The third-order valence-corrected chi connectivity index (χ3v) is 2.85. The molecular formula is C6H8F6O9S2. The second kappa shape index (κ2) is 8.87. The summed E-state index contributed by atoms with van der Waals surface area (Å²) in [4.78, 5) is 19.2. The Balaban J connectivity index is -0.000000315. The van der Waals surface area contributed by atoms with Crippen LogP contribution in [0.25, 0.3) is 0 Å². The quantitative estimate of drug-likeness (QED) is 0.364. The van der Waals surface area contributed by atoms with Crippen LogP contribution in [0.5, 0.6) is 0 Å². The van der Waals surface area contributed by atoms with Crippen LogP contribution in [0.15, 0.2) is 0 Å². The molecule has 0 unspecified atom stereocenters. The van der Waals surface area contributed by atoms with Gasteiger partial charge in [-0.1, -0.05) is 7.77 Å². The lowest BCUT2D eigenvalue weighted by Crippen LogP contribution is -2.36. The molecule has 0 atom stereocenters. The summed E-state index contributed by atoms with van der Waals surface area (Å²) in [5, 5.41) is 3.96. The summed E-state index contributed by atoms with van der Waals surface area (Å²) in [6.07, 6.45) is 0. The van der Waals surface area contributed by atoms with Gasteiger partial charge in [-0.15, -0.1) is 0 Å². The number of rotatable bonds is 4. The minimum Gasteiger partial charge on any atom is -0.476 e. The number of hydrogen-bond donors (Lipinski definition) is 2. The van der Waals surface area contributed by atoms with Gasteiger partial charge in [-0.05, 0) is 0 Å². The average molecular weight is 402 g/mol. The fourth-order valence-electron chi connectivity index (χ4n) is 0.323. The zero-order valence-corrected chi connectivity index (χ0v) is 12.5. The van der Waals surface area contributed by atoms with Gasteiger partial charge in [0.25, 0.3) is 0 Å². The molecule has 0 bridgehead atoms. The highest BCUT2D eigenvalue weighted by atomic mass is 32.3. The number of carboxylic acid groups (broad SMARTS) is 1. The second-order valence-electron chi connectivity index (χ2n) is 2.71. The highest BCUT2D eigenvalue weighted by molar-refractivity contribution is 7.88. The number of methoxy groups -OCH3 is 1. The van der Waals surface area contributed by atoms with E-state index < -0.39 is 42.9 Å². The van der Waals surface area contributed by atoms with Crippen LogP contribution in [0.1, 0.15) is 0 Å². The molecular weight excluding hydrogens is 394 g/mol. The lowest BCUT2D eigenvalue weighted by atomic mass is 10.7. The third kappa shape index (κ3) is 7.46. The normalized spacial score (nSPS) is 12.0. The molecule has 0 aromatic carbocycles. The fourth-order valence-corrected chi connectivity index (χ4v) is 0.814. The van der Waals surface area contributed by atoms with Crippen molar-refractivity contribution in [2.45, 2.75) is 10.5 Å². The van der Waals surface area contributed by atoms with E-state index in [0.717, 1.165) is 7.11 Å². The highest BCUT2D eigenvalue weighted by Gasteiger charge is 2.55. The lowest BCUT2D eigenvalue weighted by Gasteiger charge is -2.06. The van der Waals surface area contributed by atoms with Crippen LogP contribution in [0.4, 0.5) is 25.3 Å². The Bertz CT molecular complexity index is 610. The van der Waals surface area contributed by atoms with Gasteiger partial charge < -0.3 is 14.9 Å². The summed E-state index contributed by atoms with van der Waals surface area (Å²) in [6.45, 7) is 0. The van der Waals surface area contributed by atoms with Gasteiger partial charge >= 0.3 is 42.9 Å². The second-order valence-corrected chi connectivity index (χ2v) is 5.48. The predicted molar refractivity (Wildman–Crippen MR) is 57.7 cm³/mol. The molecule has 0 amide bonds. The molecule has 0 spiro atoms. The minimum atomic E-state index is -6.33. The number of carboxylic acids is 1. The number of aliphatic carboxylic acids is 1. The maximum atomic E-state index is 11.9. The molecule has 17 heteroatoms. The number of esters is 1. The first-order valence-electron chi connectivity index (χ1n) is 4.33. The Morgan fingerprint density at radius 1 is 0.870 bits per heavy atom. The summed E-state index contributed by atoms with van der Waals surface area (Å²) in [7, 11) is -11.0. The Kier molecular flexibility index (Phi) is 10.1. The van der Waals surface area contributed by atoms with E-state index in [2.05, 4.69) is 4.74 Å². The fraction of sp³-hybridized carbons (Fsp3) is 0.667. The Hall–Kier alpha value is -1.62. The molecule has 0 aromatic heterocycles. The van der Waals surface area contributed by atoms with E-state index in [1.165, 1.54) is 0 Å². The van der Waals surface area contributed by atoms with Crippen LogP contribution in [-0.2, 0) is 34.8 Å². The molecule has 2 N–H and O–H groups in total. The van der Waals surface area contributed by atoms with Crippen molar-refractivity contribution in [3.63, 3.8) is 0 Å². The van der Waals surface area contributed by atoms with Crippen molar-refractivity contribution < 1.29 is 66.7 Å². The molecule has 0 aliphatic rings. The monoisotopic (exact) mass is 402 g/mol. The van der Waals surface area contributed by atoms with Crippen LogP contribution in [0.2, 0.25) is 0 Å². The molecule has 0 aliphatic heterocycles. The van der Waals surface area contributed by atoms with Crippen LogP contribution in [0.3, 0.4) is 0 Å². The summed E-state index contributed by atoms with van der Waals surface area (Å²) < 4.78 is 111. The molecule has 23 heavy (non-hydrogen) atoms. The maximum absolute atomic E-state index is 11.9. The van der Waals surface area contributed by atoms with Crippen molar-refractivity contribution in [1.82, 2.24) is 0 Å². The predicted octanol–water partition coefficient (Wildman–Crippen LogP) is -0.377. The SMILES string of the molecule is CO.COC(=O)C(F)(F)S(=O)(=O)F.O=C(O)C(F)(F)S(=O)(=O)F. The van der Waals surface area contributed by atoms with Crippen LogP contribution < -0.4 is 0 Å². The van der Waals surface area contributed by atoms with Gasteiger partial charge in [0, 0.05) is 7.11 Å². The smallest absolute Gasteiger partial charge is 0.470 e. The van der Waals surface area contributed by atoms with Crippen molar-refractivity contribution in [1.29, 1.82) is 0 Å². The van der Waals surface area contributed by atoms with Gasteiger partial charge in [-0.3, -0.25) is 0 Å². The number of aliphatic hydroxyl groups is 1. The van der Waals surface area contributed by atoms with Crippen molar-refractivity contribution in [3.8, 4) is 0 Å². The van der Waals surface area contributed by atoms with E-state index in [4.69, 9.17) is 10.2 Å². The molecule has 140 valence electrons. The topological polar surface area (TPSA) is 152 Å². The molecule has 0 rings (SSSR count). The van der Waals surface area contributed by atoms with Gasteiger partial charge in [0.1, 0.15) is 0 Å². The van der Waals surface area contributed by atoms with Crippen LogP contribution in [0, 0.1) is 0 Å². The Morgan fingerprint density at radius 2 is 1.13 bits per heavy atom.